The monoisotopic (exact) mass is 569 g/mol. The zero-order chi connectivity index (χ0) is 29.1. The van der Waals surface area contributed by atoms with E-state index in [9.17, 15) is 9.59 Å². The highest BCUT2D eigenvalue weighted by Crippen LogP contribution is 2.37. The molecule has 0 radical (unpaired) electrons. The summed E-state index contributed by atoms with van der Waals surface area (Å²) in [6, 6.07) is 7.82. The van der Waals surface area contributed by atoms with E-state index in [1.807, 2.05) is 6.20 Å². The topological polar surface area (TPSA) is 125 Å². The molecule has 3 aromatic heterocycles. The van der Waals surface area contributed by atoms with Crippen LogP contribution in [0, 0.1) is 11.7 Å². The van der Waals surface area contributed by atoms with Crippen molar-refractivity contribution in [2.24, 2.45) is 5.92 Å². The molecule has 4 heterocycles. The largest absolute Gasteiger partial charge is 0.457 e. The smallest absolute Gasteiger partial charge is 0.245 e. The zero-order valence-corrected chi connectivity index (χ0v) is 23.1. The molecule has 1 aromatic carbocycles. The number of nitrogens with zero attached hydrogens (tertiary/aromatic N) is 4. The van der Waals surface area contributed by atoms with Gasteiger partial charge in [-0.15, -0.1) is 0 Å². The Hall–Kier alpha value is -4.80. The van der Waals surface area contributed by atoms with Crippen LogP contribution in [0.2, 0.25) is 0 Å². The number of rotatable bonds is 8. The lowest BCUT2D eigenvalue weighted by Gasteiger charge is -2.31. The number of aromatic amines is 1. The molecule has 0 spiro atoms. The maximum atomic E-state index is 15.3. The fraction of sp³-hybridized carbons (Fsp3) is 0.323. The van der Waals surface area contributed by atoms with Crippen molar-refractivity contribution in [3.05, 3.63) is 73.1 Å². The zero-order valence-electron chi connectivity index (χ0n) is 23.1. The average Bonchev–Trinajstić information content (AvgIpc) is 3.70. The van der Waals surface area contributed by atoms with Crippen molar-refractivity contribution in [3.8, 4) is 11.5 Å². The van der Waals surface area contributed by atoms with E-state index in [0.717, 1.165) is 49.5 Å². The second kappa shape index (κ2) is 12.0. The van der Waals surface area contributed by atoms with E-state index in [-0.39, 0.29) is 29.3 Å². The Labute approximate surface area is 242 Å². The van der Waals surface area contributed by atoms with Crippen LogP contribution in [0.3, 0.4) is 0 Å². The van der Waals surface area contributed by atoms with Gasteiger partial charge in [0.1, 0.15) is 40.9 Å². The first-order valence-corrected chi connectivity index (χ1v) is 14.2. The fourth-order valence-electron chi connectivity index (χ4n) is 5.83. The Morgan fingerprint density at radius 3 is 2.60 bits per heavy atom. The summed E-state index contributed by atoms with van der Waals surface area (Å²) in [7, 11) is 0. The minimum atomic E-state index is -0.517. The van der Waals surface area contributed by atoms with E-state index in [4.69, 9.17) is 4.74 Å². The van der Waals surface area contributed by atoms with E-state index < -0.39 is 5.82 Å². The lowest BCUT2D eigenvalue weighted by molar-refractivity contribution is -0.127. The number of amides is 2. The van der Waals surface area contributed by atoms with Gasteiger partial charge in [-0.05, 0) is 61.4 Å². The summed E-state index contributed by atoms with van der Waals surface area (Å²) in [5, 5.41) is 6.79. The van der Waals surface area contributed by atoms with Crippen molar-refractivity contribution in [1.29, 1.82) is 0 Å². The van der Waals surface area contributed by atoms with Crippen molar-refractivity contribution in [1.82, 2.24) is 24.8 Å². The third-order valence-electron chi connectivity index (χ3n) is 8.06. The predicted octanol–water partition coefficient (Wildman–Crippen LogP) is 6.05. The first-order chi connectivity index (χ1) is 20.5. The normalized spacial score (nSPS) is 16.0. The van der Waals surface area contributed by atoms with Gasteiger partial charge in [-0.3, -0.25) is 9.59 Å². The van der Waals surface area contributed by atoms with Crippen molar-refractivity contribution in [3.63, 3.8) is 0 Å². The van der Waals surface area contributed by atoms with Gasteiger partial charge in [0.25, 0.3) is 0 Å². The minimum absolute atomic E-state index is 0.0185. The number of pyridine rings is 1. The Kier molecular flexibility index (Phi) is 7.81. The number of benzene rings is 1. The van der Waals surface area contributed by atoms with Crippen LogP contribution in [0.1, 0.15) is 50.0 Å². The molecule has 0 atom stereocenters. The number of carbonyl (C=O) groups is 2. The van der Waals surface area contributed by atoms with Crippen LogP contribution in [0.5, 0.6) is 11.5 Å². The molecular weight excluding hydrogens is 537 g/mol. The molecule has 0 unspecified atom stereocenters. The molecule has 6 rings (SSSR count). The molecule has 216 valence electrons. The lowest BCUT2D eigenvalue weighted by Crippen LogP contribution is -2.36. The molecule has 2 fully saturated rings. The maximum absolute atomic E-state index is 15.3. The number of hydrogen-bond donors (Lipinski definition) is 3. The summed E-state index contributed by atoms with van der Waals surface area (Å²) in [5.74, 6) is 1.24. The summed E-state index contributed by atoms with van der Waals surface area (Å²) in [6.07, 6.45) is 11.8. The van der Waals surface area contributed by atoms with Crippen LogP contribution < -0.4 is 15.4 Å². The Morgan fingerprint density at radius 1 is 1.05 bits per heavy atom. The van der Waals surface area contributed by atoms with Gasteiger partial charge < -0.3 is 25.3 Å². The van der Waals surface area contributed by atoms with E-state index in [1.165, 1.54) is 18.5 Å². The third kappa shape index (κ3) is 5.81. The molecule has 2 aliphatic rings. The Bertz CT molecular complexity index is 1620. The maximum Gasteiger partial charge on any atom is 0.245 e. The van der Waals surface area contributed by atoms with Crippen LogP contribution in [0.15, 0.2) is 61.7 Å². The number of likely N-dealkylation sites (tertiary alicyclic amines) is 1. The standard InChI is InChI=1S/C31H32FN7O3/c1-2-27(40)39-13-10-19(11-14-39)23-17-34-29-28(23)30(36-18-35-29)37-25-8-7-21(15-24(25)32)42-22-9-12-33-26(16-22)38-31(41)20-5-3-4-6-20/h2,7-9,12,15-20H,1,3-6,10-11,13-14H2,(H,33,38,41)(H2,34,35,36,37). The molecule has 1 aliphatic carbocycles. The highest BCUT2D eigenvalue weighted by atomic mass is 19.1. The number of carbonyl (C=O) groups excluding carboxylic acids is 2. The number of anilines is 3. The van der Waals surface area contributed by atoms with E-state index >= 15 is 4.39 Å². The minimum Gasteiger partial charge on any atom is -0.457 e. The summed E-state index contributed by atoms with van der Waals surface area (Å²) >= 11 is 0. The van der Waals surface area contributed by atoms with Crippen LogP contribution in [0.4, 0.5) is 21.7 Å². The van der Waals surface area contributed by atoms with E-state index in [1.54, 1.807) is 35.4 Å². The number of fused-ring (bicyclic) bond motifs is 1. The van der Waals surface area contributed by atoms with Gasteiger partial charge in [-0.1, -0.05) is 19.4 Å². The number of H-pyrrole nitrogens is 1. The lowest BCUT2D eigenvalue weighted by atomic mass is 9.89. The number of piperidine rings is 1. The molecule has 0 bridgehead atoms. The van der Waals surface area contributed by atoms with Crippen LogP contribution >= 0.6 is 0 Å². The van der Waals surface area contributed by atoms with Gasteiger partial charge in [0, 0.05) is 43.5 Å². The van der Waals surface area contributed by atoms with Gasteiger partial charge in [0.15, 0.2) is 0 Å². The van der Waals surface area contributed by atoms with E-state index in [2.05, 4.69) is 37.1 Å². The summed E-state index contributed by atoms with van der Waals surface area (Å²) in [4.78, 5) is 42.5. The summed E-state index contributed by atoms with van der Waals surface area (Å²) in [5.41, 5.74) is 1.92. The molecular formula is C31H32FN7O3. The van der Waals surface area contributed by atoms with Crippen LogP contribution in [-0.2, 0) is 9.59 Å². The van der Waals surface area contributed by atoms with Crippen molar-refractivity contribution in [2.75, 3.05) is 23.7 Å². The van der Waals surface area contributed by atoms with E-state index in [0.29, 0.717) is 41.9 Å². The second-order valence-electron chi connectivity index (χ2n) is 10.7. The highest BCUT2D eigenvalue weighted by molar-refractivity contribution is 5.93. The van der Waals surface area contributed by atoms with Gasteiger partial charge >= 0.3 is 0 Å². The molecule has 10 nitrogen and oxygen atoms in total. The highest BCUT2D eigenvalue weighted by Gasteiger charge is 2.26. The molecule has 3 N–H and O–H groups in total. The molecule has 1 aliphatic heterocycles. The summed E-state index contributed by atoms with van der Waals surface area (Å²) < 4.78 is 21.2. The number of aromatic nitrogens is 4. The summed E-state index contributed by atoms with van der Waals surface area (Å²) in [6.45, 7) is 4.86. The fourth-order valence-corrected chi connectivity index (χ4v) is 5.83. The number of nitrogens with one attached hydrogen (secondary N) is 3. The first-order valence-electron chi connectivity index (χ1n) is 14.2. The van der Waals surface area contributed by atoms with Gasteiger partial charge in [-0.2, -0.15) is 0 Å². The molecule has 1 saturated carbocycles. The van der Waals surface area contributed by atoms with Gasteiger partial charge in [-0.25, -0.2) is 19.3 Å². The van der Waals surface area contributed by atoms with Gasteiger partial charge in [0.05, 0.1) is 11.1 Å². The number of halogens is 1. The van der Waals surface area contributed by atoms with Crippen molar-refractivity contribution < 1.29 is 18.7 Å². The SMILES string of the molecule is C=CC(=O)N1CCC(c2c[nH]c3ncnc(Nc4ccc(Oc5ccnc(NC(=O)C6CCCC6)c5)cc4F)c23)CC1. The molecule has 11 heteroatoms. The quantitative estimate of drug-likeness (QED) is 0.221. The average molecular weight is 570 g/mol. The second-order valence-corrected chi connectivity index (χ2v) is 10.7. The Morgan fingerprint density at radius 2 is 1.83 bits per heavy atom. The van der Waals surface area contributed by atoms with Crippen LogP contribution in [-0.4, -0.2) is 49.7 Å². The third-order valence-corrected chi connectivity index (χ3v) is 8.06. The van der Waals surface area contributed by atoms with Gasteiger partial charge in [0.2, 0.25) is 11.8 Å². The number of ether oxygens (including phenoxy) is 1. The molecule has 4 aromatic rings. The predicted molar refractivity (Wildman–Crippen MR) is 157 cm³/mol. The number of hydrogen-bond acceptors (Lipinski definition) is 7. The van der Waals surface area contributed by atoms with Crippen molar-refractivity contribution in [2.45, 2.75) is 44.4 Å². The first kappa shape index (κ1) is 27.4. The van der Waals surface area contributed by atoms with Crippen LogP contribution in [0.25, 0.3) is 11.0 Å². The molecule has 42 heavy (non-hydrogen) atoms. The molecule has 1 saturated heterocycles. The van der Waals surface area contributed by atoms with Crippen molar-refractivity contribution >= 4 is 40.2 Å². The Balaban J connectivity index is 1.16. The molecule has 2 amide bonds.